The summed E-state index contributed by atoms with van der Waals surface area (Å²) >= 11 is 0. The van der Waals surface area contributed by atoms with Gasteiger partial charge in [0.2, 0.25) is 9.84 Å². The molecule has 0 saturated carbocycles. The summed E-state index contributed by atoms with van der Waals surface area (Å²) in [5.74, 6) is 0. The number of sulfone groups is 1. The van der Waals surface area contributed by atoms with Gasteiger partial charge in [-0.15, -0.1) is 10.2 Å². The van der Waals surface area contributed by atoms with Gasteiger partial charge in [-0.1, -0.05) is 19.1 Å². The Labute approximate surface area is 143 Å². The summed E-state index contributed by atoms with van der Waals surface area (Å²) in [4.78, 5) is 8.47. The maximum absolute atomic E-state index is 13.2. The lowest BCUT2D eigenvalue weighted by atomic mass is 10.2. The SMILES string of the molecule is CCc1ccc(S(=O)(=O)c2c(N)c3nncn3c3nccnc23)cc1. The first-order valence-corrected chi connectivity index (χ1v) is 9.08. The molecular weight excluding hydrogens is 340 g/mol. The zero-order chi connectivity index (χ0) is 17.6. The molecule has 8 nitrogen and oxygen atoms in total. The first-order chi connectivity index (χ1) is 12.0. The molecule has 0 radical (unpaired) electrons. The van der Waals surface area contributed by atoms with Gasteiger partial charge in [0, 0.05) is 12.4 Å². The fourth-order valence-electron chi connectivity index (χ4n) is 2.76. The first kappa shape index (κ1) is 15.5. The maximum atomic E-state index is 13.2. The van der Waals surface area contributed by atoms with Gasteiger partial charge in [-0.3, -0.25) is 4.40 Å². The van der Waals surface area contributed by atoms with Crippen molar-refractivity contribution in [1.82, 2.24) is 24.6 Å². The largest absolute Gasteiger partial charge is 0.395 e. The first-order valence-electron chi connectivity index (χ1n) is 7.60. The molecule has 0 aliphatic rings. The van der Waals surface area contributed by atoms with Gasteiger partial charge in [-0.25, -0.2) is 18.4 Å². The van der Waals surface area contributed by atoms with Crippen molar-refractivity contribution in [1.29, 1.82) is 0 Å². The molecular formula is C16H14N6O2S. The summed E-state index contributed by atoms with van der Waals surface area (Å²) in [6.07, 6.45) is 5.15. The molecule has 0 aliphatic heterocycles. The average Bonchev–Trinajstić information content (AvgIpc) is 3.12. The number of nitrogen functional groups attached to an aromatic ring is 1. The van der Waals surface area contributed by atoms with E-state index in [-0.39, 0.29) is 26.6 Å². The van der Waals surface area contributed by atoms with Gasteiger partial charge in [0.25, 0.3) is 0 Å². The summed E-state index contributed by atoms with van der Waals surface area (Å²) < 4.78 is 28.0. The number of rotatable bonds is 3. The second-order valence-electron chi connectivity index (χ2n) is 5.50. The van der Waals surface area contributed by atoms with Crippen LogP contribution >= 0.6 is 0 Å². The molecule has 9 heteroatoms. The van der Waals surface area contributed by atoms with E-state index < -0.39 is 9.84 Å². The molecule has 2 N–H and O–H groups in total. The molecule has 0 spiro atoms. The highest BCUT2D eigenvalue weighted by Gasteiger charge is 2.28. The molecule has 4 rings (SSSR count). The smallest absolute Gasteiger partial charge is 0.211 e. The molecule has 0 aliphatic carbocycles. The monoisotopic (exact) mass is 354 g/mol. The van der Waals surface area contributed by atoms with Crippen LogP contribution in [0.25, 0.3) is 16.8 Å². The lowest BCUT2D eigenvalue weighted by molar-refractivity contribution is 0.597. The van der Waals surface area contributed by atoms with Crippen LogP contribution in [0.4, 0.5) is 5.69 Å². The molecule has 3 heterocycles. The second-order valence-corrected chi connectivity index (χ2v) is 7.38. The number of benzene rings is 1. The van der Waals surface area contributed by atoms with E-state index in [0.29, 0.717) is 5.65 Å². The highest BCUT2D eigenvalue weighted by atomic mass is 32.2. The van der Waals surface area contributed by atoms with Gasteiger partial charge in [-0.2, -0.15) is 0 Å². The zero-order valence-corrected chi connectivity index (χ0v) is 14.1. The number of pyridine rings is 1. The number of fused-ring (bicyclic) bond motifs is 3. The van der Waals surface area contributed by atoms with Gasteiger partial charge in [0.05, 0.1) is 10.6 Å². The molecule has 3 aromatic heterocycles. The minimum atomic E-state index is -3.90. The van der Waals surface area contributed by atoms with Gasteiger partial charge < -0.3 is 5.73 Å². The van der Waals surface area contributed by atoms with Crippen LogP contribution in [0.2, 0.25) is 0 Å². The van der Waals surface area contributed by atoms with Gasteiger partial charge in [-0.05, 0) is 24.1 Å². The third kappa shape index (κ3) is 2.23. The van der Waals surface area contributed by atoms with E-state index in [1.165, 1.54) is 23.1 Å². The van der Waals surface area contributed by atoms with Crippen LogP contribution < -0.4 is 5.73 Å². The molecule has 4 aromatic rings. The third-order valence-corrected chi connectivity index (χ3v) is 5.91. The second kappa shape index (κ2) is 5.49. The number of aryl methyl sites for hydroxylation is 1. The van der Waals surface area contributed by atoms with E-state index in [0.717, 1.165) is 12.0 Å². The number of nitrogens with two attached hydrogens (primary N) is 1. The number of aromatic nitrogens is 5. The fraction of sp³-hybridized carbons (Fsp3) is 0.125. The number of hydrogen-bond donors (Lipinski definition) is 1. The topological polar surface area (TPSA) is 116 Å². The van der Waals surface area contributed by atoms with Gasteiger partial charge in [0.15, 0.2) is 11.3 Å². The molecule has 0 bridgehead atoms. The van der Waals surface area contributed by atoms with E-state index in [4.69, 9.17) is 5.73 Å². The summed E-state index contributed by atoms with van der Waals surface area (Å²) in [7, 11) is -3.90. The Morgan fingerprint density at radius 2 is 1.80 bits per heavy atom. The van der Waals surface area contributed by atoms with Crippen molar-refractivity contribution in [2.75, 3.05) is 5.73 Å². The van der Waals surface area contributed by atoms with Gasteiger partial charge in [0.1, 0.15) is 16.7 Å². The third-order valence-electron chi connectivity index (χ3n) is 4.07. The normalized spacial score (nSPS) is 12.0. The Morgan fingerprint density at radius 1 is 1.08 bits per heavy atom. The van der Waals surface area contributed by atoms with E-state index in [9.17, 15) is 8.42 Å². The van der Waals surface area contributed by atoms with Crippen molar-refractivity contribution in [2.24, 2.45) is 0 Å². The Kier molecular flexibility index (Phi) is 3.39. The average molecular weight is 354 g/mol. The Bertz CT molecular complexity index is 1200. The number of nitrogens with zero attached hydrogens (tertiary/aromatic N) is 5. The quantitative estimate of drug-likeness (QED) is 0.594. The highest BCUT2D eigenvalue weighted by molar-refractivity contribution is 7.92. The van der Waals surface area contributed by atoms with Crippen molar-refractivity contribution in [3.63, 3.8) is 0 Å². The summed E-state index contributed by atoms with van der Waals surface area (Å²) in [5.41, 5.74) is 7.94. The van der Waals surface area contributed by atoms with Crippen LogP contribution in [0.1, 0.15) is 12.5 Å². The zero-order valence-electron chi connectivity index (χ0n) is 13.3. The summed E-state index contributed by atoms with van der Waals surface area (Å²) in [5, 5.41) is 7.72. The Hall–Kier alpha value is -3.07. The van der Waals surface area contributed by atoms with Crippen molar-refractivity contribution < 1.29 is 8.42 Å². The van der Waals surface area contributed by atoms with E-state index in [1.807, 2.05) is 6.92 Å². The predicted molar refractivity (Wildman–Crippen MR) is 91.8 cm³/mol. The highest BCUT2D eigenvalue weighted by Crippen LogP contribution is 2.33. The van der Waals surface area contributed by atoms with Gasteiger partial charge >= 0.3 is 0 Å². The Balaban J connectivity index is 2.08. The lowest BCUT2D eigenvalue weighted by Crippen LogP contribution is -2.10. The molecule has 25 heavy (non-hydrogen) atoms. The molecule has 0 amide bonds. The van der Waals surface area contributed by atoms with Crippen molar-refractivity contribution in [3.05, 3.63) is 48.5 Å². The molecule has 0 atom stereocenters. The molecule has 0 unspecified atom stereocenters. The maximum Gasteiger partial charge on any atom is 0.211 e. The molecule has 1 aromatic carbocycles. The Morgan fingerprint density at radius 3 is 2.52 bits per heavy atom. The van der Waals surface area contributed by atoms with Crippen LogP contribution in [-0.2, 0) is 16.3 Å². The van der Waals surface area contributed by atoms with Crippen LogP contribution in [0, 0.1) is 0 Å². The standard InChI is InChI=1S/C16H14N6O2S/c1-2-10-3-5-11(6-4-10)25(23,24)14-12(17)15-21-20-9-22(15)16-13(14)18-7-8-19-16/h3-9H,2,17H2,1H3. The minimum Gasteiger partial charge on any atom is -0.395 e. The summed E-state index contributed by atoms with van der Waals surface area (Å²) in [6, 6.07) is 6.72. The van der Waals surface area contributed by atoms with Crippen LogP contribution in [0.15, 0.2) is 52.8 Å². The van der Waals surface area contributed by atoms with Crippen molar-refractivity contribution >= 4 is 32.3 Å². The van der Waals surface area contributed by atoms with Crippen LogP contribution in [0.5, 0.6) is 0 Å². The number of anilines is 1. The van der Waals surface area contributed by atoms with E-state index >= 15 is 0 Å². The molecule has 0 fully saturated rings. The lowest BCUT2D eigenvalue weighted by Gasteiger charge is -2.12. The van der Waals surface area contributed by atoms with E-state index in [2.05, 4.69) is 20.2 Å². The number of hydrogen-bond acceptors (Lipinski definition) is 7. The molecule has 126 valence electrons. The minimum absolute atomic E-state index is 0.00469. The fourth-order valence-corrected chi connectivity index (χ4v) is 4.27. The van der Waals surface area contributed by atoms with E-state index in [1.54, 1.807) is 24.3 Å². The predicted octanol–water partition coefficient (Wildman–Crippen LogP) is 1.65. The summed E-state index contributed by atoms with van der Waals surface area (Å²) in [6.45, 7) is 2.00. The van der Waals surface area contributed by atoms with Crippen molar-refractivity contribution in [2.45, 2.75) is 23.1 Å². The van der Waals surface area contributed by atoms with Crippen LogP contribution in [0.3, 0.4) is 0 Å². The van der Waals surface area contributed by atoms with Crippen molar-refractivity contribution in [3.8, 4) is 0 Å². The molecule has 0 saturated heterocycles. The van der Waals surface area contributed by atoms with Crippen LogP contribution in [-0.4, -0.2) is 33.0 Å².